The van der Waals surface area contributed by atoms with E-state index in [0.29, 0.717) is 18.3 Å². The molecule has 1 fully saturated rings. The second-order valence-electron chi connectivity index (χ2n) is 13.2. The number of H-pyrrole nitrogens is 2. The number of ether oxygens (including phenoxy) is 1. The average Bonchev–Trinajstić information content (AvgIpc) is 3.56. The number of hydrogen-bond donors (Lipinski definition) is 2. The summed E-state index contributed by atoms with van der Waals surface area (Å²) in [4.78, 5) is 7.34. The molecule has 214 valence electrons. The Morgan fingerprint density at radius 3 is 2.37 bits per heavy atom. The fourth-order valence-electron chi connectivity index (χ4n) is 6.64. The molecule has 6 rings (SSSR count). The third kappa shape index (κ3) is 5.60. The van der Waals surface area contributed by atoms with Gasteiger partial charge in [0.1, 0.15) is 18.2 Å². The van der Waals surface area contributed by atoms with E-state index in [2.05, 4.69) is 115 Å². The number of benzene rings is 3. The molecule has 7 nitrogen and oxygen atoms in total. The van der Waals surface area contributed by atoms with Crippen molar-refractivity contribution in [2.75, 3.05) is 13.2 Å². The molecule has 3 heterocycles. The number of fused-ring (bicyclic) bond motifs is 2. The highest BCUT2D eigenvalue weighted by Crippen LogP contribution is 2.38. The summed E-state index contributed by atoms with van der Waals surface area (Å²) in [7, 11) is 0. The summed E-state index contributed by atoms with van der Waals surface area (Å²) in [5.41, 5.74) is 4.37. The highest BCUT2D eigenvalue weighted by atomic mass is 16.5. The van der Waals surface area contributed by atoms with Gasteiger partial charge < -0.3 is 4.74 Å². The zero-order valence-electron chi connectivity index (χ0n) is 25.2. The summed E-state index contributed by atoms with van der Waals surface area (Å²) in [5.74, 6) is 3.07. The van der Waals surface area contributed by atoms with E-state index in [1.807, 2.05) is 6.07 Å². The minimum absolute atomic E-state index is 0.202. The maximum Gasteiger partial charge on any atom is 0.181 e. The van der Waals surface area contributed by atoms with Gasteiger partial charge in [-0.05, 0) is 100 Å². The first kappa shape index (κ1) is 27.5. The van der Waals surface area contributed by atoms with Crippen LogP contribution in [0.3, 0.4) is 0 Å². The third-order valence-corrected chi connectivity index (χ3v) is 8.66. The lowest BCUT2D eigenvalue weighted by Gasteiger charge is -2.53. The quantitative estimate of drug-likeness (QED) is 0.206. The van der Waals surface area contributed by atoms with Gasteiger partial charge >= 0.3 is 0 Å². The summed E-state index contributed by atoms with van der Waals surface area (Å²) in [6, 6.07) is 19.1. The summed E-state index contributed by atoms with van der Waals surface area (Å²) in [5, 5.41) is 18.8. The van der Waals surface area contributed by atoms with Gasteiger partial charge in [0.25, 0.3) is 0 Å². The summed E-state index contributed by atoms with van der Waals surface area (Å²) < 4.78 is 6.27. The molecule has 7 heteroatoms. The Kier molecular flexibility index (Phi) is 7.10. The molecular weight excluding hydrogens is 508 g/mol. The lowest BCUT2D eigenvalue weighted by molar-refractivity contribution is -0.0340. The van der Waals surface area contributed by atoms with Gasteiger partial charge in [-0.25, -0.2) is 4.98 Å². The van der Waals surface area contributed by atoms with Crippen molar-refractivity contribution in [3.63, 3.8) is 0 Å². The standard InChI is InChI=1S/C34H42N6O/c1-22(2)18-30-35-32(39-37-30)26-11-13-29-28(21-26)31(38-36-29)25-9-8-24-20-27(12-10-23(24)19-25)41-17-16-40-33(3,4)14-7-15-34(40,5)6/h8-13,19-22H,7,14-18H2,1-6H3,(H,36,38)(H,35,37,39). The highest BCUT2D eigenvalue weighted by molar-refractivity contribution is 5.97. The lowest BCUT2D eigenvalue weighted by Crippen LogP contribution is -2.59. The van der Waals surface area contributed by atoms with Crippen LogP contribution in [0.1, 0.15) is 66.6 Å². The first-order valence-corrected chi connectivity index (χ1v) is 14.9. The van der Waals surface area contributed by atoms with Gasteiger partial charge in [-0.1, -0.05) is 32.0 Å². The van der Waals surface area contributed by atoms with Crippen LogP contribution in [0.15, 0.2) is 54.6 Å². The van der Waals surface area contributed by atoms with Crippen molar-refractivity contribution in [3.05, 3.63) is 60.4 Å². The smallest absolute Gasteiger partial charge is 0.181 e. The van der Waals surface area contributed by atoms with Crippen molar-refractivity contribution < 1.29 is 4.74 Å². The Balaban J connectivity index is 1.20. The second-order valence-corrected chi connectivity index (χ2v) is 13.2. The monoisotopic (exact) mass is 550 g/mol. The van der Waals surface area contributed by atoms with Gasteiger partial charge in [0.05, 0.1) is 11.2 Å². The van der Waals surface area contributed by atoms with Crippen LogP contribution in [-0.4, -0.2) is 54.5 Å². The van der Waals surface area contributed by atoms with Crippen molar-refractivity contribution >= 4 is 21.7 Å². The first-order valence-electron chi connectivity index (χ1n) is 14.9. The molecule has 0 unspecified atom stereocenters. The number of nitrogens with zero attached hydrogens (tertiary/aromatic N) is 4. The Morgan fingerprint density at radius 1 is 0.854 bits per heavy atom. The predicted octanol–water partition coefficient (Wildman–Crippen LogP) is 7.79. The highest BCUT2D eigenvalue weighted by Gasteiger charge is 2.40. The first-order chi connectivity index (χ1) is 19.6. The molecule has 2 aromatic heterocycles. The largest absolute Gasteiger partial charge is 0.492 e. The van der Waals surface area contributed by atoms with E-state index in [9.17, 15) is 0 Å². The summed E-state index contributed by atoms with van der Waals surface area (Å²) >= 11 is 0. The Hall–Kier alpha value is -3.71. The van der Waals surface area contributed by atoms with E-state index in [-0.39, 0.29) is 11.1 Å². The van der Waals surface area contributed by atoms with Gasteiger partial charge in [0.15, 0.2) is 5.82 Å². The van der Waals surface area contributed by atoms with Crippen molar-refractivity contribution in [1.29, 1.82) is 0 Å². The molecule has 1 aliphatic rings. The summed E-state index contributed by atoms with van der Waals surface area (Å²) in [6.45, 7) is 15.4. The molecule has 0 spiro atoms. The minimum atomic E-state index is 0.202. The van der Waals surface area contributed by atoms with Crippen LogP contribution in [0.25, 0.3) is 44.3 Å². The van der Waals surface area contributed by atoms with E-state index in [1.54, 1.807) is 0 Å². The van der Waals surface area contributed by atoms with E-state index in [0.717, 1.165) is 63.0 Å². The Morgan fingerprint density at radius 2 is 1.59 bits per heavy atom. The SMILES string of the molecule is CC(C)Cc1nc(-c2ccc3[nH]nc(-c4ccc5cc(OCCN6C(C)(C)CCCC6(C)C)ccc5c4)c3c2)n[nH]1. The van der Waals surface area contributed by atoms with Crippen molar-refractivity contribution in [1.82, 2.24) is 30.3 Å². The number of aromatic nitrogens is 5. The molecule has 0 atom stereocenters. The minimum Gasteiger partial charge on any atom is -0.492 e. The van der Waals surface area contributed by atoms with Gasteiger partial charge in [0.2, 0.25) is 0 Å². The fraction of sp³-hybridized carbons (Fsp3) is 0.441. The third-order valence-electron chi connectivity index (χ3n) is 8.66. The number of hydrogen-bond acceptors (Lipinski definition) is 5. The molecule has 0 saturated carbocycles. The van der Waals surface area contributed by atoms with E-state index in [1.165, 1.54) is 19.3 Å². The number of aromatic amines is 2. The average molecular weight is 551 g/mol. The molecule has 0 amide bonds. The second kappa shape index (κ2) is 10.6. The lowest BCUT2D eigenvalue weighted by atomic mass is 9.80. The molecule has 0 bridgehead atoms. The van der Waals surface area contributed by atoms with E-state index >= 15 is 0 Å². The number of piperidine rings is 1. The molecule has 0 aliphatic carbocycles. The molecule has 41 heavy (non-hydrogen) atoms. The molecule has 2 N–H and O–H groups in total. The molecular formula is C34H42N6O. The Labute approximate surface area is 242 Å². The zero-order valence-corrected chi connectivity index (χ0v) is 25.2. The van der Waals surface area contributed by atoms with Crippen LogP contribution in [0.5, 0.6) is 5.75 Å². The maximum atomic E-state index is 6.27. The van der Waals surface area contributed by atoms with Crippen LogP contribution < -0.4 is 4.74 Å². The molecule has 0 radical (unpaired) electrons. The van der Waals surface area contributed by atoms with E-state index in [4.69, 9.17) is 9.72 Å². The number of likely N-dealkylation sites (tertiary alicyclic amines) is 1. The summed E-state index contributed by atoms with van der Waals surface area (Å²) in [6.07, 6.45) is 4.64. The van der Waals surface area contributed by atoms with Crippen molar-refractivity contribution in [2.24, 2.45) is 5.92 Å². The molecule has 1 aliphatic heterocycles. The van der Waals surface area contributed by atoms with Gasteiger partial charge in [-0.15, -0.1) is 0 Å². The van der Waals surface area contributed by atoms with Gasteiger partial charge in [0, 0.05) is 40.6 Å². The number of nitrogens with one attached hydrogen (secondary N) is 2. The predicted molar refractivity (Wildman–Crippen MR) is 167 cm³/mol. The van der Waals surface area contributed by atoms with Crippen molar-refractivity contribution in [2.45, 2.75) is 78.3 Å². The topological polar surface area (TPSA) is 82.7 Å². The van der Waals surface area contributed by atoms with Crippen molar-refractivity contribution in [3.8, 4) is 28.4 Å². The molecule has 3 aromatic carbocycles. The number of rotatable bonds is 8. The van der Waals surface area contributed by atoms with Crippen LogP contribution in [0.2, 0.25) is 0 Å². The van der Waals surface area contributed by atoms with Gasteiger partial charge in [-0.2, -0.15) is 10.2 Å². The van der Waals surface area contributed by atoms with Gasteiger partial charge in [-0.3, -0.25) is 15.1 Å². The molecule has 1 saturated heterocycles. The van der Waals surface area contributed by atoms with Crippen LogP contribution in [-0.2, 0) is 6.42 Å². The molecule has 5 aromatic rings. The fourth-order valence-corrected chi connectivity index (χ4v) is 6.64. The zero-order chi connectivity index (χ0) is 28.8. The van der Waals surface area contributed by atoms with E-state index < -0.39 is 0 Å². The maximum absolute atomic E-state index is 6.27. The van der Waals surface area contributed by atoms with Crippen LogP contribution in [0, 0.1) is 5.92 Å². The normalized spacial score (nSPS) is 17.0. The van der Waals surface area contributed by atoms with Crippen LogP contribution in [0.4, 0.5) is 0 Å². The Bertz CT molecular complexity index is 1660. The van der Waals surface area contributed by atoms with Crippen LogP contribution >= 0.6 is 0 Å².